The normalized spacial score (nSPS) is 20.3. The SMILES string of the molecule is O=C(O)CC1CCN(C(=O)CNC(=O)CC2CCCCC2)CC1. The van der Waals surface area contributed by atoms with E-state index in [1.807, 2.05) is 0 Å². The largest absolute Gasteiger partial charge is 0.481 e. The Kier molecular flexibility index (Phi) is 6.86. The van der Waals surface area contributed by atoms with Gasteiger partial charge in [0.25, 0.3) is 0 Å². The third-order valence-electron chi connectivity index (χ3n) is 5.07. The Morgan fingerprint density at radius 3 is 2.13 bits per heavy atom. The number of carboxylic acid groups (broad SMARTS) is 1. The second kappa shape index (κ2) is 8.89. The van der Waals surface area contributed by atoms with Crippen LogP contribution in [0.15, 0.2) is 0 Å². The maximum atomic E-state index is 12.1. The monoisotopic (exact) mass is 324 g/mol. The number of piperidine rings is 1. The van der Waals surface area contributed by atoms with Crippen LogP contribution >= 0.6 is 0 Å². The number of hydrogen-bond acceptors (Lipinski definition) is 3. The van der Waals surface area contributed by atoms with Crippen molar-refractivity contribution in [1.82, 2.24) is 10.2 Å². The number of aliphatic carboxylic acids is 1. The maximum absolute atomic E-state index is 12.1. The molecular formula is C17H28N2O4. The smallest absolute Gasteiger partial charge is 0.303 e. The molecule has 0 aromatic carbocycles. The van der Waals surface area contributed by atoms with Crippen LogP contribution in [0, 0.1) is 11.8 Å². The molecule has 130 valence electrons. The van der Waals surface area contributed by atoms with Crippen LogP contribution in [0.2, 0.25) is 0 Å². The number of nitrogens with zero attached hydrogens (tertiary/aromatic N) is 1. The molecule has 1 heterocycles. The lowest BCUT2D eigenvalue weighted by molar-refractivity contribution is -0.139. The molecule has 0 unspecified atom stereocenters. The van der Waals surface area contributed by atoms with Gasteiger partial charge in [0, 0.05) is 25.9 Å². The van der Waals surface area contributed by atoms with Crippen LogP contribution in [0.3, 0.4) is 0 Å². The zero-order valence-electron chi connectivity index (χ0n) is 13.8. The highest BCUT2D eigenvalue weighted by Gasteiger charge is 2.24. The first-order valence-electron chi connectivity index (χ1n) is 8.81. The summed E-state index contributed by atoms with van der Waals surface area (Å²) in [6.07, 6.45) is 8.12. The van der Waals surface area contributed by atoms with Crippen LogP contribution in [0.4, 0.5) is 0 Å². The minimum absolute atomic E-state index is 0.0222. The molecule has 1 aliphatic heterocycles. The second-order valence-electron chi connectivity index (χ2n) is 6.91. The van der Waals surface area contributed by atoms with E-state index in [4.69, 9.17) is 5.11 Å². The van der Waals surface area contributed by atoms with Crippen molar-refractivity contribution in [2.45, 2.75) is 57.8 Å². The second-order valence-corrected chi connectivity index (χ2v) is 6.91. The van der Waals surface area contributed by atoms with E-state index >= 15 is 0 Å². The zero-order chi connectivity index (χ0) is 16.7. The number of likely N-dealkylation sites (tertiary alicyclic amines) is 1. The van der Waals surface area contributed by atoms with Crippen LogP contribution in [0.1, 0.15) is 57.8 Å². The van der Waals surface area contributed by atoms with Crippen LogP contribution in [0.5, 0.6) is 0 Å². The fourth-order valence-corrected chi connectivity index (χ4v) is 3.65. The molecule has 6 heteroatoms. The minimum atomic E-state index is -0.773. The summed E-state index contributed by atoms with van der Waals surface area (Å²) in [5.74, 6) is -0.213. The third-order valence-corrected chi connectivity index (χ3v) is 5.07. The highest BCUT2D eigenvalue weighted by Crippen LogP contribution is 2.26. The van der Waals surface area contributed by atoms with Gasteiger partial charge in [0.15, 0.2) is 0 Å². The summed E-state index contributed by atoms with van der Waals surface area (Å²) in [6, 6.07) is 0. The standard InChI is InChI=1S/C17H28N2O4/c20-15(10-13-4-2-1-3-5-13)18-12-16(21)19-8-6-14(7-9-19)11-17(22)23/h13-14H,1-12H2,(H,18,20)(H,22,23). The van der Waals surface area contributed by atoms with Gasteiger partial charge in [-0.05, 0) is 37.5 Å². The number of amides is 2. The molecule has 0 radical (unpaired) electrons. The van der Waals surface area contributed by atoms with E-state index in [1.165, 1.54) is 19.3 Å². The fourth-order valence-electron chi connectivity index (χ4n) is 3.65. The van der Waals surface area contributed by atoms with Crippen molar-refractivity contribution in [3.8, 4) is 0 Å². The first-order valence-corrected chi connectivity index (χ1v) is 8.81. The number of carbonyl (C=O) groups excluding carboxylic acids is 2. The molecule has 2 rings (SSSR count). The van der Waals surface area contributed by atoms with Crippen molar-refractivity contribution in [3.05, 3.63) is 0 Å². The lowest BCUT2D eigenvalue weighted by atomic mass is 9.87. The lowest BCUT2D eigenvalue weighted by Gasteiger charge is -2.31. The molecule has 0 spiro atoms. The highest BCUT2D eigenvalue weighted by molar-refractivity contribution is 5.84. The predicted molar refractivity (Wildman–Crippen MR) is 85.8 cm³/mol. The van der Waals surface area contributed by atoms with E-state index in [0.717, 1.165) is 25.7 Å². The van der Waals surface area contributed by atoms with Crippen molar-refractivity contribution in [3.63, 3.8) is 0 Å². The molecule has 0 aromatic rings. The minimum Gasteiger partial charge on any atom is -0.481 e. The summed E-state index contributed by atoms with van der Waals surface area (Å²) in [6.45, 7) is 1.25. The summed E-state index contributed by atoms with van der Waals surface area (Å²) >= 11 is 0. The van der Waals surface area contributed by atoms with Crippen LogP contribution in [0.25, 0.3) is 0 Å². The van der Waals surface area contributed by atoms with Gasteiger partial charge in [-0.1, -0.05) is 19.3 Å². The summed E-state index contributed by atoms with van der Waals surface area (Å²) in [5.41, 5.74) is 0. The number of carboxylic acids is 1. The Morgan fingerprint density at radius 1 is 0.913 bits per heavy atom. The molecule has 1 saturated heterocycles. The Bertz CT molecular complexity index is 424. The van der Waals surface area contributed by atoms with Gasteiger partial charge in [-0.25, -0.2) is 0 Å². The van der Waals surface area contributed by atoms with Gasteiger partial charge in [0.2, 0.25) is 11.8 Å². The quantitative estimate of drug-likeness (QED) is 0.780. The molecule has 0 bridgehead atoms. The van der Waals surface area contributed by atoms with Crippen molar-refractivity contribution in [1.29, 1.82) is 0 Å². The maximum Gasteiger partial charge on any atom is 0.303 e. The van der Waals surface area contributed by atoms with Crippen LogP contribution in [-0.2, 0) is 14.4 Å². The van der Waals surface area contributed by atoms with E-state index in [9.17, 15) is 14.4 Å². The highest BCUT2D eigenvalue weighted by atomic mass is 16.4. The third kappa shape index (κ3) is 6.20. The van der Waals surface area contributed by atoms with Gasteiger partial charge in [0.05, 0.1) is 6.54 Å². The van der Waals surface area contributed by atoms with Crippen LogP contribution < -0.4 is 5.32 Å². The van der Waals surface area contributed by atoms with Gasteiger partial charge in [-0.2, -0.15) is 0 Å². The number of nitrogens with one attached hydrogen (secondary N) is 1. The molecule has 23 heavy (non-hydrogen) atoms. The van der Waals surface area contributed by atoms with E-state index in [0.29, 0.717) is 25.4 Å². The molecule has 2 aliphatic rings. The molecule has 0 aromatic heterocycles. The summed E-state index contributed by atoms with van der Waals surface area (Å²) in [5, 5.41) is 11.5. The number of hydrogen-bond donors (Lipinski definition) is 2. The first kappa shape index (κ1) is 17.8. The Balaban J connectivity index is 1.63. The van der Waals surface area contributed by atoms with Crippen molar-refractivity contribution in [2.75, 3.05) is 19.6 Å². The van der Waals surface area contributed by atoms with Gasteiger partial charge in [0.1, 0.15) is 0 Å². The summed E-state index contributed by atoms with van der Waals surface area (Å²) < 4.78 is 0. The Labute approximate surface area is 137 Å². The molecule has 0 atom stereocenters. The topological polar surface area (TPSA) is 86.7 Å². The Hall–Kier alpha value is -1.59. The van der Waals surface area contributed by atoms with E-state index < -0.39 is 5.97 Å². The fraction of sp³-hybridized carbons (Fsp3) is 0.824. The van der Waals surface area contributed by atoms with Gasteiger partial charge < -0.3 is 15.3 Å². The average molecular weight is 324 g/mol. The predicted octanol–water partition coefficient (Wildman–Crippen LogP) is 1.79. The van der Waals surface area contributed by atoms with Crippen molar-refractivity contribution in [2.24, 2.45) is 11.8 Å². The Morgan fingerprint density at radius 2 is 1.52 bits per heavy atom. The van der Waals surface area contributed by atoms with Gasteiger partial charge in [-0.3, -0.25) is 14.4 Å². The molecule has 1 aliphatic carbocycles. The molecule has 6 nitrogen and oxygen atoms in total. The van der Waals surface area contributed by atoms with Crippen molar-refractivity contribution >= 4 is 17.8 Å². The number of rotatable bonds is 6. The summed E-state index contributed by atoms with van der Waals surface area (Å²) in [4.78, 5) is 36.5. The molecule has 2 amide bonds. The van der Waals surface area contributed by atoms with Gasteiger partial charge >= 0.3 is 5.97 Å². The molecule has 1 saturated carbocycles. The van der Waals surface area contributed by atoms with Crippen molar-refractivity contribution < 1.29 is 19.5 Å². The van der Waals surface area contributed by atoms with Crippen LogP contribution in [-0.4, -0.2) is 47.4 Å². The average Bonchev–Trinajstić information content (AvgIpc) is 2.54. The van der Waals surface area contributed by atoms with E-state index in [1.54, 1.807) is 4.90 Å². The molecule has 2 N–H and O–H groups in total. The summed E-state index contributed by atoms with van der Waals surface area (Å²) in [7, 11) is 0. The lowest BCUT2D eigenvalue weighted by Crippen LogP contribution is -2.44. The molecular weight excluding hydrogens is 296 g/mol. The number of carbonyl (C=O) groups is 3. The van der Waals surface area contributed by atoms with E-state index in [2.05, 4.69) is 5.32 Å². The first-order chi connectivity index (χ1) is 11.0. The molecule has 2 fully saturated rings. The zero-order valence-corrected chi connectivity index (χ0v) is 13.8. The van der Waals surface area contributed by atoms with E-state index in [-0.39, 0.29) is 30.7 Å². The van der Waals surface area contributed by atoms with Gasteiger partial charge in [-0.15, -0.1) is 0 Å².